The maximum atomic E-state index is 10.9. The van der Waals surface area contributed by atoms with Crippen LogP contribution in [0.25, 0.3) is 0 Å². The van der Waals surface area contributed by atoms with Crippen molar-refractivity contribution in [3.63, 3.8) is 0 Å². The molecule has 1 heterocycles. The van der Waals surface area contributed by atoms with E-state index in [1.807, 2.05) is 13.1 Å². The third-order valence-electron chi connectivity index (χ3n) is 5.82. The molecule has 0 N–H and O–H groups in total. The van der Waals surface area contributed by atoms with Gasteiger partial charge in [-0.05, 0) is 87.4 Å². The number of hydrogen-bond donors (Lipinski definition) is 0. The van der Waals surface area contributed by atoms with Crippen molar-refractivity contribution >= 4 is 23.3 Å². The molecule has 0 radical (unpaired) electrons. The van der Waals surface area contributed by atoms with Crippen molar-refractivity contribution in [3.8, 4) is 0 Å². The summed E-state index contributed by atoms with van der Waals surface area (Å²) in [6, 6.07) is 9.32. The van der Waals surface area contributed by atoms with Crippen molar-refractivity contribution in [2.24, 2.45) is 4.99 Å². The second-order valence-corrected chi connectivity index (χ2v) is 8.42. The van der Waals surface area contributed by atoms with Gasteiger partial charge in [-0.25, -0.2) is 0 Å². The van der Waals surface area contributed by atoms with Gasteiger partial charge in [0.25, 0.3) is 5.69 Å². The SMILES string of the molecule is CCN1c2cc(C)c(C=Nc3ccc([N+](=O)[O-])cc3C)cc2C(C)CC1(C)C. The number of fused-ring (bicyclic) bond motifs is 1. The van der Waals surface area contributed by atoms with Gasteiger partial charge in [0.2, 0.25) is 0 Å². The summed E-state index contributed by atoms with van der Waals surface area (Å²) in [5.74, 6) is 0.488. The van der Waals surface area contributed by atoms with Gasteiger partial charge in [-0.2, -0.15) is 0 Å². The molecule has 0 spiro atoms. The molecule has 0 saturated heterocycles. The number of aliphatic imine (C=N–C) groups is 1. The number of nitrogens with zero attached hydrogens (tertiary/aromatic N) is 3. The lowest BCUT2D eigenvalue weighted by Crippen LogP contribution is -2.48. The Kier molecular flexibility index (Phi) is 5.28. The Morgan fingerprint density at radius 2 is 1.96 bits per heavy atom. The van der Waals surface area contributed by atoms with E-state index in [1.165, 1.54) is 22.9 Å². The zero-order chi connectivity index (χ0) is 20.6. The molecule has 0 aromatic heterocycles. The lowest BCUT2D eigenvalue weighted by atomic mass is 9.79. The highest BCUT2D eigenvalue weighted by atomic mass is 16.6. The predicted octanol–water partition coefficient (Wildman–Crippen LogP) is 6.07. The molecule has 1 unspecified atom stereocenters. The molecule has 2 aromatic carbocycles. The highest BCUT2D eigenvalue weighted by Crippen LogP contribution is 2.44. The standard InChI is InChI=1S/C23H29N3O2/c1-7-25-22-11-15(2)18(12-20(22)17(4)13-23(25,5)6)14-24-21-9-8-19(26(27)28)10-16(21)3/h8-12,14,17H,7,13H2,1-6H3. The van der Waals surface area contributed by atoms with Crippen LogP contribution in [0.4, 0.5) is 17.1 Å². The molecule has 0 fully saturated rings. The fourth-order valence-electron chi connectivity index (χ4n) is 4.43. The Morgan fingerprint density at radius 1 is 1.25 bits per heavy atom. The van der Waals surface area contributed by atoms with Crippen molar-refractivity contribution in [3.05, 3.63) is 62.7 Å². The molecule has 0 saturated carbocycles. The second-order valence-electron chi connectivity index (χ2n) is 8.42. The van der Waals surface area contributed by atoms with Crippen LogP contribution in [0.2, 0.25) is 0 Å². The molecule has 5 nitrogen and oxygen atoms in total. The van der Waals surface area contributed by atoms with Crippen molar-refractivity contribution in [2.75, 3.05) is 11.4 Å². The largest absolute Gasteiger partial charge is 0.366 e. The van der Waals surface area contributed by atoms with E-state index < -0.39 is 0 Å². The first-order chi connectivity index (χ1) is 13.1. The van der Waals surface area contributed by atoms with E-state index in [4.69, 9.17) is 0 Å². The summed E-state index contributed by atoms with van der Waals surface area (Å²) in [6.45, 7) is 14.1. The Bertz CT molecular complexity index is 947. The summed E-state index contributed by atoms with van der Waals surface area (Å²) in [7, 11) is 0. The summed E-state index contributed by atoms with van der Waals surface area (Å²) >= 11 is 0. The molecule has 28 heavy (non-hydrogen) atoms. The summed E-state index contributed by atoms with van der Waals surface area (Å²) in [5, 5.41) is 10.9. The molecule has 1 aliphatic heterocycles. The molecule has 0 bridgehead atoms. The molecule has 3 rings (SSSR count). The fourth-order valence-corrected chi connectivity index (χ4v) is 4.43. The van der Waals surface area contributed by atoms with Crippen molar-refractivity contribution in [2.45, 2.75) is 59.4 Å². The Morgan fingerprint density at radius 3 is 2.57 bits per heavy atom. The molecular formula is C23H29N3O2. The fraction of sp³-hybridized carbons (Fsp3) is 0.435. The van der Waals surface area contributed by atoms with Crippen LogP contribution in [0, 0.1) is 24.0 Å². The topological polar surface area (TPSA) is 58.7 Å². The number of nitro groups is 1. The molecule has 148 valence electrons. The monoisotopic (exact) mass is 379 g/mol. The summed E-state index contributed by atoms with van der Waals surface area (Å²) in [5.41, 5.74) is 6.78. The van der Waals surface area contributed by atoms with Crippen LogP contribution in [-0.2, 0) is 0 Å². The van der Waals surface area contributed by atoms with E-state index in [2.05, 4.69) is 56.6 Å². The Labute approximate surface area is 167 Å². The van der Waals surface area contributed by atoms with Gasteiger partial charge in [-0.1, -0.05) is 6.92 Å². The van der Waals surface area contributed by atoms with E-state index in [1.54, 1.807) is 12.1 Å². The van der Waals surface area contributed by atoms with Crippen molar-refractivity contribution in [1.82, 2.24) is 0 Å². The Balaban J connectivity index is 1.98. The molecule has 0 aliphatic carbocycles. The summed E-state index contributed by atoms with van der Waals surface area (Å²) in [4.78, 5) is 17.7. The zero-order valence-electron chi connectivity index (χ0n) is 17.6. The lowest BCUT2D eigenvalue weighted by molar-refractivity contribution is -0.384. The van der Waals surface area contributed by atoms with Crippen LogP contribution in [0.5, 0.6) is 0 Å². The molecule has 2 aromatic rings. The number of nitro benzene ring substituents is 1. The van der Waals surface area contributed by atoms with Gasteiger partial charge in [-0.3, -0.25) is 15.1 Å². The van der Waals surface area contributed by atoms with Gasteiger partial charge < -0.3 is 4.90 Å². The molecular weight excluding hydrogens is 350 g/mol. The Hall–Kier alpha value is -2.69. The number of rotatable bonds is 4. The maximum absolute atomic E-state index is 10.9. The van der Waals surface area contributed by atoms with E-state index in [0.29, 0.717) is 5.92 Å². The normalized spacial score (nSPS) is 18.4. The minimum atomic E-state index is -0.378. The minimum Gasteiger partial charge on any atom is -0.366 e. The number of non-ortho nitro benzene ring substituents is 1. The average molecular weight is 380 g/mol. The molecule has 0 amide bonds. The van der Waals surface area contributed by atoms with Gasteiger partial charge in [0.15, 0.2) is 0 Å². The second kappa shape index (κ2) is 7.38. The van der Waals surface area contributed by atoms with Crippen LogP contribution in [0.3, 0.4) is 0 Å². The summed E-state index contributed by atoms with van der Waals surface area (Å²) < 4.78 is 0. The van der Waals surface area contributed by atoms with Crippen LogP contribution in [0.15, 0.2) is 35.3 Å². The first kappa shape index (κ1) is 20.1. The third kappa shape index (κ3) is 3.66. The first-order valence-corrected chi connectivity index (χ1v) is 9.85. The van der Waals surface area contributed by atoms with Gasteiger partial charge in [0.05, 0.1) is 10.6 Å². The van der Waals surface area contributed by atoms with E-state index >= 15 is 0 Å². The van der Waals surface area contributed by atoms with E-state index in [-0.39, 0.29) is 16.1 Å². The van der Waals surface area contributed by atoms with Gasteiger partial charge in [0.1, 0.15) is 0 Å². The zero-order valence-corrected chi connectivity index (χ0v) is 17.6. The molecule has 1 aliphatic rings. The lowest BCUT2D eigenvalue weighted by Gasteiger charge is -2.47. The van der Waals surface area contributed by atoms with Crippen molar-refractivity contribution in [1.29, 1.82) is 0 Å². The molecule has 1 atom stereocenters. The number of benzene rings is 2. The van der Waals surface area contributed by atoms with Crippen LogP contribution < -0.4 is 4.90 Å². The maximum Gasteiger partial charge on any atom is 0.269 e. The third-order valence-corrected chi connectivity index (χ3v) is 5.82. The van der Waals surface area contributed by atoms with Gasteiger partial charge in [0, 0.05) is 36.1 Å². The molecule has 5 heteroatoms. The summed E-state index contributed by atoms with van der Waals surface area (Å²) in [6.07, 6.45) is 3.00. The highest BCUT2D eigenvalue weighted by Gasteiger charge is 2.35. The van der Waals surface area contributed by atoms with E-state index in [0.717, 1.165) is 29.8 Å². The predicted molar refractivity (Wildman–Crippen MR) is 116 cm³/mol. The van der Waals surface area contributed by atoms with Gasteiger partial charge in [-0.15, -0.1) is 0 Å². The number of hydrogen-bond acceptors (Lipinski definition) is 4. The smallest absolute Gasteiger partial charge is 0.269 e. The first-order valence-electron chi connectivity index (χ1n) is 9.85. The number of aryl methyl sites for hydroxylation is 2. The number of anilines is 1. The average Bonchev–Trinajstić information content (AvgIpc) is 2.60. The van der Waals surface area contributed by atoms with Gasteiger partial charge >= 0.3 is 0 Å². The van der Waals surface area contributed by atoms with Crippen LogP contribution in [0.1, 0.15) is 62.3 Å². The van der Waals surface area contributed by atoms with Crippen molar-refractivity contribution < 1.29 is 4.92 Å². The highest BCUT2D eigenvalue weighted by molar-refractivity contribution is 5.86. The van der Waals surface area contributed by atoms with E-state index in [9.17, 15) is 10.1 Å². The van der Waals surface area contributed by atoms with Crippen LogP contribution in [-0.4, -0.2) is 23.2 Å². The van der Waals surface area contributed by atoms with Crippen LogP contribution >= 0.6 is 0 Å². The minimum absolute atomic E-state index is 0.0949. The quantitative estimate of drug-likeness (QED) is 0.368.